The molecule has 11 nitrogen and oxygen atoms in total. The second kappa shape index (κ2) is 10.4. The van der Waals surface area contributed by atoms with Gasteiger partial charge in [0.1, 0.15) is 17.8 Å². The van der Waals surface area contributed by atoms with Gasteiger partial charge in [0.25, 0.3) is 0 Å². The Morgan fingerprint density at radius 1 is 1.12 bits per heavy atom. The maximum atomic E-state index is 14.8. The minimum atomic E-state index is -2.14. The number of Topliss-reactive ketones (excluding diaryl/α,β-unsaturated/α-hetero) is 1. The number of aliphatic hydroxyl groups is 3. The summed E-state index contributed by atoms with van der Waals surface area (Å²) in [5.41, 5.74) is -6.91. The van der Waals surface area contributed by atoms with Gasteiger partial charge in [-0.05, 0) is 24.6 Å². The zero-order valence-electron chi connectivity index (χ0n) is 24.9. The van der Waals surface area contributed by atoms with Gasteiger partial charge in [-0.1, -0.05) is 45.5 Å². The molecular formula is C32H38O11. The molecule has 4 aliphatic rings. The van der Waals surface area contributed by atoms with E-state index in [1.807, 2.05) is 0 Å². The molecule has 1 aromatic carbocycles. The number of hydrogen-bond donors (Lipinski definition) is 3. The predicted molar refractivity (Wildman–Crippen MR) is 149 cm³/mol. The van der Waals surface area contributed by atoms with E-state index in [-0.39, 0.29) is 30.6 Å². The fourth-order valence-electron chi connectivity index (χ4n) is 7.86. The summed E-state index contributed by atoms with van der Waals surface area (Å²) >= 11 is 0. The van der Waals surface area contributed by atoms with Gasteiger partial charge in [-0.2, -0.15) is 0 Å². The lowest BCUT2D eigenvalue weighted by Gasteiger charge is -2.67. The molecular weight excluding hydrogens is 560 g/mol. The van der Waals surface area contributed by atoms with Crippen LogP contribution in [-0.4, -0.2) is 81.2 Å². The number of ketones is 1. The molecule has 3 fully saturated rings. The van der Waals surface area contributed by atoms with Crippen LogP contribution in [0.4, 0.5) is 0 Å². The van der Waals surface area contributed by atoms with Crippen LogP contribution < -0.4 is 0 Å². The zero-order chi connectivity index (χ0) is 31.7. The molecule has 1 aromatic rings. The Morgan fingerprint density at radius 3 is 2.33 bits per heavy atom. The van der Waals surface area contributed by atoms with Crippen LogP contribution in [0.3, 0.4) is 0 Å². The standard InChI is InChI=1S/C32H38O11/c1-7-22(36)43-31-15-40-21(31)13-20(35)30(6)25(31)27(42-28(38)18-11-9-8-10-12-18)32(39)14-19(34)16(2)23(29(32,4)5)24(26(30)37)41-17(3)33/h7-12,16,19-21,25,27,34-35,39H,1,13-15H2,2-6H3/t16?,19-,20-,21+,25?,27-,30+,31-,32+/m0/s1. The molecule has 0 radical (unpaired) electrons. The molecule has 5 rings (SSSR count). The van der Waals surface area contributed by atoms with E-state index in [2.05, 4.69) is 6.58 Å². The Balaban J connectivity index is 1.86. The normalized spacial score (nSPS) is 39.6. The van der Waals surface area contributed by atoms with E-state index in [0.717, 1.165) is 13.0 Å². The highest BCUT2D eigenvalue weighted by molar-refractivity contribution is 6.02. The van der Waals surface area contributed by atoms with Crippen molar-refractivity contribution in [2.24, 2.45) is 22.7 Å². The molecule has 2 bridgehead atoms. The van der Waals surface area contributed by atoms with Gasteiger partial charge in [0, 0.05) is 37.2 Å². The van der Waals surface area contributed by atoms with Crippen molar-refractivity contribution in [2.45, 2.75) is 83.1 Å². The van der Waals surface area contributed by atoms with Crippen molar-refractivity contribution >= 4 is 23.7 Å². The number of aliphatic hydroxyl groups excluding tert-OH is 2. The van der Waals surface area contributed by atoms with E-state index in [1.165, 1.54) is 19.1 Å². The molecule has 2 unspecified atom stereocenters. The van der Waals surface area contributed by atoms with Crippen LogP contribution >= 0.6 is 0 Å². The third-order valence-electron chi connectivity index (χ3n) is 10.3. The third kappa shape index (κ3) is 4.31. The summed E-state index contributed by atoms with van der Waals surface area (Å²) in [7, 11) is 0. The highest BCUT2D eigenvalue weighted by Crippen LogP contribution is 2.64. The number of allylic oxidation sites excluding steroid dienone is 1. The molecule has 1 heterocycles. The lowest BCUT2D eigenvalue weighted by atomic mass is 9.45. The van der Waals surface area contributed by atoms with Crippen molar-refractivity contribution in [3.05, 3.63) is 59.9 Å². The lowest BCUT2D eigenvalue weighted by molar-refractivity contribution is -0.344. The van der Waals surface area contributed by atoms with Gasteiger partial charge in [-0.15, -0.1) is 0 Å². The van der Waals surface area contributed by atoms with Crippen molar-refractivity contribution in [1.29, 1.82) is 0 Å². The van der Waals surface area contributed by atoms with Crippen LogP contribution in [0.2, 0.25) is 0 Å². The number of fused-ring (bicyclic) bond motifs is 5. The van der Waals surface area contributed by atoms with Gasteiger partial charge in [-0.25, -0.2) is 9.59 Å². The Labute approximate surface area is 249 Å². The molecule has 0 spiro atoms. The van der Waals surface area contributed by atoms with Crippen molar-refractivity contribution in [2.75, 3.05) is 6.61 Å². The fraction of sp³-hybridized carbons (Fsp3) is 0.562. The van der Waals surface area contributed by atoms with Gasteiger partial charge in [0.2, 0.25) is 5.78 Å². The molecule has 43 heavy (non-hydrogen) atoms. The summed E-state index contributed by atoms with van der Waals surface area (Å²) in [5, 5.41) is 35.9. The number of esters is 3. The zero-order valence-corrected chi connectivity index (χ0v) is 24.9. The quantitative estimate of drug-likeness (QED) is 0.258. The fourth-order valence-corrected chi connectivity index (χ4v) is 7.86. The number of benzene rings is 1. The maximum Gasteiger partial charge on any atom is 0.338 e. The summed E-state index contributed by atoms with van der Waals surface area (Å²) in [6, 6.07) is 8.01. The summed E-state index contributed by atoms with van der Waals surface area (Å²) < 4.78 is 23.5. The molecule has 9 atom stereocenters. The highest BCUT2D eigenvalue weighted by Gasteiger charge is 2.77. The van der Waals surface area contributed by atoms with E-state index in [1.54, 1.807) is 39.0 Å². The number of carbonyl (C=O) groups excluding carboxylic acids is 4. The van der Waals surface area contributed by atoms with Crippen molar-refractivity contribution < 1.29 is 53.4 Å². The monoisotopic (exact) mass is 598 g/mol. The van der Waals surface area contributed by atoms with Crippen LogP contribution in [0.1, 0.15) is 57.8 Å². The first kappa shape index (κ1) is 31.1. The van der Waals surface area contributed by atoms with E-state index < -0.39 is 87.7 Å². The average molecular weight is 599 g/mol. The van der Waals surface area contributed by atoms with Crippen molar-refractivity contribution in [1.82, 2.24) is 0 Å². The molecule has 1 aliphatic heterocycles. The smallest absolute Gasteiger partial charge is 0.338 e. The number of hydrogen-bond acceptors (Lipinski definition) is 11. The first-order valence-corrected chi connectivity index (χ1v) is 14.4. The van der Waals surface area contributed by atoms with Gasteiger partial charge < -0.3 is 34.3 Å². The summed E-state index contributed by atoms with van der Waals surface area (Å²) in [6.07, 6.45) is -4.84. The largest absolute Gasteiger partial charge is 0.455 e. The molecule has 3 N–H and O–H groups in total. The van der Waals surface area contributed by atoms with Gasteiger partial charge >= 0.3 is 17.9 Å². The first-order valence-electron chi connectivity index (χ1n) is 14.4. The molecule has 0 amide bonds. The van der Waals surface area contributed by atoms with Crippen LogP contribution in [0.25, 0.3) is 0 Å². The first-order chi connectivity index (χ1) is 20.1. The third-order valence-corrected chi connectivity index (χ3v) is 10.3. The topological polar surface area (TPSA) is 166 Å². The minimum Gasteiger partial charge on any atom is -0.455 e. The summed E-state index contributed by atoms with van der Waals surface area (Å²) in [5.74, 6) is -5.94. The number of rotatable bonds is 5. The average Bonchev–Trinajstić information content (AvgIpc) is 2.95. The SMILES string of the molecule is C=CC(=O)O[C@@]12CO[C@@H]1C[C@H](O)[C@@]1(C)C(=O)C(OC(C)=O)=C3C(C)[C@@H](O)C[C@@](O)([C@@H](OC(=O)c4ccccc4)C12)C3(C)C. The maximum absolute atomic E-state index is 14.8. The van der Waals surface area contributed by atoms with E-state index in [4.69, 9.17) is 18.9 Å². The van der Waals surface area contributed by atoms with Crippen molar-refractivity contribution in [3.8, 4) is 0 Å². The molecule has 1 saturated heterocycles. The van der Waals surface area contributed by atoms with E-state index >= 15 is 0 Å². The van der Waals surface area contributed by atoms with E-state index in [9.17, 15) is 34.5 Å². The van der Waals surface area contributed by atoms with Crippen molar-refractivity contribution in [3.63, 3.8) is 0 Å². The van der Waals surface area contributed by atoms with Crippen LogP contribution in [0, 0.1) is 22.7 Å². The molecule has 0 aromatic heterocycles. The van der Waals surface area contributed by atoms with Gasteiger partial charge in [-0.3, -0.25) is 9.59 Å². The number of ether oxygens (including phenoxy) is 4. The molecule has 11 heteroatoms. The second-order valence-corrected chi connectivity index (χ2v) is 12.9. The lowest BCUT2D eigenvalue weighted by Crippen LogP contribution is -2.81. The predicted octanol–water partition coefficient (Wildman–Crippen LogP) is 2.02. The minimum absolute atomic E-state index is 0.144. The summed E-state index contributed by atoms with van der Waals surface area (Å²) in [6.45, 7) is 10.7. The molecule has 3 aliphatic carbocycles. The van der Waals surface area contributed by atoms with Gasteiger partial charge in [0.05, 0.1) is 35.7 Å². The Bertz CT molecular complexity index is 1400. The Kier molecular flexibility index (Phi) is 7.49. The summed E-state index contributed by atoms with van der Waals surface area (Å²) in [4.78, 5) is 53.8. The Morgan fingerprint density at radius 2 is 1.77 bits per heavy atom. The van der Waals surface area contributed by atoms with Crippen LogP contribution in [0.5, 0.6) is 0 Å². The highest BCUT2D eigenvalue weighted by atomic mass is 16.6. The number of carbonyl (C=O) groups is 4. The van der Waals surface area contributed by atoms with Gasteiger partial charge in [0.15, 0.2) is 11.4 Å². The molecule has 232 valence electrons. The van der Waals surface area contributed by atoms with Crippen LogP contribution in [0.15, 0.2) is 54.3 Å². The van der Waals surface area contributed by atoms with E-state index in [0.29, 0.717) is 0 Å². The molecule has 2 saturated carbocycles. The Hall–Kier alpha value is -3.38. The van der Waals surface area contributed by atoms with Crippen LogP contribution in [-0.2, 0) is 33.3 Å². The second-order valence-electron chi connectivity index (χ2n) is 12.9.